The first-order valence-corrected chi connectivity index (χ1v) is 9.23. The van der Waals surface area contributed by atoms with Gasteiger partial charge in [0.1, 0.15) is 11.5 Å². The van der Waals surface area contributed by atoms with E-state index >= 15 is 0 Å². The van der Waals surface area contributed by atoms with Gasteiger partial charge in [0.2, 0.25) is 5.91 Å². The van der Waals surface area contributed by atoms with Crippen molar-refractivity contribution in [3.63, 3.8) is 0 Å². The number of nitrogens with two attached hydrogens (primary N) is 1. The third-order valence-electron chi connectivity index (χ3n) is 3.76. The minimum atomic E-state index is -0.842. The predicted octanol–water partition coefficient (Wildman–Crippen LogP) is 2.91. The molecular weight excluding hydrogens is 368 g/mol. The first-order chi connectivity index (χ1) is 12.5. The zero-order valence-corrected chi connectivity index (χ0v) is 16.6. The lowest BCUT2D eigenvalue weighted by Crippen LogP contribution is -2.22. The van der Waals surface area contributed by atoms with Crippen LogP contribution >= 0.6 is 12.6 Å². The number of aliphatic carboxylic acids is 1. The van der Waals surface area contributed by atoms with Crippen LogP contribution in [0.5, 0.6) is 11.5 Å². The lowest BCUT2D eigenvalue weighted by atomic mass is 9.89. The number of carbonyl (C=O) groups excluding carboxylic acids is 1. The third kappa shape index (κ3) is 8.81. The van der Waals surface area contributed by atoms with Crippen molar-refractivity contribution in [2.75, 3.05) is 6.61 Å². The standard InChI is InChI=1S/C14H17NO4.C5H11NOS/c15-11-4-1-3-9-7-10(8-12(16)14(9)11)19-6-2-5-13(17)18;1-5(2,8)3-4(6)7/h7-8,15-16H,1-6H2,(H,17,18);8H,3H2,1-2H3,(H2,6,7). The number of ether oxygens (including phenoxy) is 1. The molecule has 5 N–H and O–H groups in total. The van der Waals surface area contributed by atoms with Crippen LogP contribution in [-0.2, 0) is 16.0 Å². The summed E-state index contributed by atoms with van der Waals surface area (Å²) in [5, 5.41) is 26.3. The Balaban J connectivity index is 0.000000387. The van der Waals surface area contributed by atoms with E-state index in [-0.39, 0.29) is 22.8 Å². The molecule has 0 unspecified atom stereocenters. The first-order valence-electron chi connectivity index (χ1n) is 8.78. The number of primary amides is 1. The van der Waals surface area contributed by atoms with Gasteiger partial charge in [0.25, 0.3) is 0 Å². The molecule has 1 aliphatic carbocycles. The number of phenols is 1. The van der Waals surface area contributed by atoms with Crippen LogP contribution in [0, 0.1) is 5.41 Å². The van der Waals surface area contributed by atoms with Crippen molar-refractivity contribution < 1.29 is 24.5 Å². The Morgan fingerprint density at radius 2 is 2.00 bits per heavy atom. The molecule has 1 aromatic rings. The molecule has 27 heavy (non-hydrogen) atoms. The molecule has 1 aliphatic rings. The molecule has 7 nitrogen and oxygen atoms in total. The van der Waals surface area contributed by atoms with Gasteiger partial charge in [-0.05, 0) is 37.3 Å². The third-order valence-corrected chi connectivity index (χ3v) is 3.92. The number of nitrogens with one attached hydrogen (secondary N) is 1. The summed E-state index contributed by atoms with van der Waals surface area (Å²) >= 11 is 4.09. The maximum atomic E-state index is 10.4. The van der Waals surface area contributed by atoms with Gasteiger partial charge in [-0.1, -0.05) is 13.8 Å². The minimum absolute atomic E-state index is 0.0710. The lowest BCUT2D eigenvalue weighted by Gasteiger charge is -2.19. The number of carboxylic acid groups (broad SMARTS) is 1. The fourth-order valence-corrected chi connectivity index (χ4v) is 2.86. The van der Waals surface area contributed by atoms with Crippen LogP contribution in [0.2, 0.25) is 0 Å². The zero-order valence-electron chi connectivity index (χ0n) is 15.7. The van der Waals surface area contributed by atoms with Gasteiger partial charge in [-0.3, -0.25) is 9.59 Å². The van der Waals surface area contributed by atoms with Crippen LogP contribution in [0.1, 0.15) is 57.1 Å². The van der Waals surface area contributed by atoms with Crippen molar-refractivity contribution in [3.8, 4) is 11.5 Å². The van der Waals surface area contributed by atoms with Crippen molar-refractivity contribution in [1.82, 2.24) is 0 Å². The van der Waals surface area contributed by atoms with E-state index in [4.69, 9.17) is 21.0 Å². The second-order valence-electron chi connectivity index (χ2n) is 7.11. The van der Waals surface area contributed by atoms with E-state index in [9.17, 15) is 14.7 Å². The molecule has 1 aromatic carbocycles. The van der Waals surface area contributed by atoms with Gasteiger partial charge in [0, 0.05) is 34.9 Å². The normalized spacial score (nSPS) is 13.2. The number of hydrogen-bond acceptors (Lipinski definition) is 6. The molecule has 0 saturated carbocycles. The summed E-state index contributed by atoms with van der Waals surface area (Å²) in [6.45, 7) is 4.00. The quantitative estimate of drug-likeness (QED) is 0.357. The highest BCUT2D eigenvalue weighted by molar-refractivity contribution is 7.81. The molecule has 0 atom stereocenters. The SMILES string of the molecule is CC(C)(S)CC(N)=O.N=C1CCCc2cc(OCCCC(=O)O)cc(O)c21. The fourth-order valence-electron chi connectivity index (χ4n) is 2.71. The molecular formula is C19H28N2O5S. The highest BCUT2D eigenvalue weighted by Gasteiger charge is 2.19. The summed E-state index contributed by atoms with van der Waals surface area (Å²) < 4.78 is 5.19. The molecule has 0 aromatic heterocycles. The Morgan fingerprint density at radius 3 is 2.52 bits per heavy atom. The number of aromatic hydroxyl groups is 1. The summed E-state index contributed by atoms with van der Waals surface area (Å²) in [5.41, 5.74) is 6.92. The van der Waals surface area contributed by atoms with Crippen LogP contribution in [-0.4, -0.2) is 39.2 Å². The number of amides is 1. The van der Waals surface area contributed by atoms with E-state index in [1.807, 2.05) is 19.9 Å². The molecule has 8 heteroatoms. The van der Waals surface area contributed by atoms with Gasteiger partial charge < -0.3 is 26.1 Å². The Morgan fingerprint density at radius 1 is 1.33 bits per heavy atom. The van der Waals surface area contributed by atoms with Crippen molar-refractivity contribution in [2.45, 2.75) is 57.1 Å². The van der Waals surface area contributed by atoms with E-state index in [1.54, 1.807) is 0 Å². The molecule has 0 spiro atoms. The van der Waals surface area contributed by atoms with Gasteiger partial charge in [0.05, 0.1) is 6.61 Å². The summed E-state index contributed by atoms with van der Waals surface area (Å²) in [5.74, 6) is -0.526. The van der Waals surface area contributed by atoms with Gasteiger partial charge in [0.15, 0.2) is 0 Å². The number of aryl methyl sites for hydroxylation is 1. The van der Waals surface area contributed by atoms with Crippen LogP contribution in [0.25, 0.3) is 0 Å². The smallest absolute Gasteiger partial charge is 0.303 e. The molecule has 0 bridgehead atoms. The fraction of sp³-hybridized carbons (Fsp3) is 0.526. The van der Waals surface area contributed by atoms with Gasteiger partial charge in [-0.2, -0.15) is 12.6 Å². The zero-order chi connectivity index (χ0) is 20.6. The van der Waals surface area contributed by atoms with Crippen molar-refractivity contribution in [2.24, 2.45) is 5.73 Å². The van der Waals surface area contributed by atoms with Gasteiger partial charge >= 0.3 is 5.97 Å². The number of benzene rings is 1. The highest BCUT2D eigenvalue weighted by Crippen LogP contribution is 2.33. The molecule has 0 aliphatic heterocycles. The molecule has 0 fully saturated rings. The number of carboxylic acids is 1. The number of thiol groups is 1. The maximum Gasteiger partial charge on any atom is 0.303 e. The topological polar surface area (TPSA) is 134 Å². The summed E-state index contributed by atoms with van der Waals surface area (Å²) in [7, 11) is 0. The van der Waals surface area contributed by atoms with Crippen molar-refractivity contribution >= 4 is 30.2 Å². The Labute approximate surface area is 164 Å². The average Bonchev–Trinajstić information content (AvgIpc) is 2.49. The van der Waals surface area contributed by atoms with E-state index in [1.165, 1.54) is 6.07 Å². The average molecular weight is 397 g/mol. The number of hydrogen-bond donors (Lipinski definition) is 5. The number of phenolic OH excluding ortho intramolecular Hbond substituents is 1. The molecule has 2 rings (SSSR count). The van der Waals surface area contributed by atoms with Gasteiger partial charge in [-0.15, -0.1) is 0 Å². The van der Waals surface area contributed by atoms with Gasteiger partial charge in [-0.25, -0.2) is 0 Å². The Hall–Kier alpha value is -2.22. The van der Waals surface area contributed by atoms with E-state index in [2.05, 4.69) is 12.6 Å². The summed E-state index contributed by atoms with van der Waals surface area (Å²) in [4.78, 5) is 20.6. The highest BCUT2D eigenvalue weighted by atomic mass is 32.1. The van der Waals surface area contributed by atoms with E-state index in [0.29, 0.717) is 42.9 Å². The Kier molecular flexibility index (Phi) is 8.62. The second-order valence-corrected chi connectivity index (χ2v) is 8.32. The lowest BCUT2D eigenvalue weighted by molar-refractivity contribution is -0.137. The van der Waals surface area contributed by atoms with Crippen LogP contribution in [0.4, 0.5) is 0 Å². The largest absolute Gasteiger partial charge is 0.507 e. The summed E-state index contributed by atoms with van der Waals surface area (Å²) in [6, 6.07) is 3.34. The molecule has 0 radical (unpaired) electrons. The molecule has 0 heterocycles. The molecule has 1 amide bonds. The van der Waals surface area contributed by atoms with E-state index < -0.39 is 5.97 Å². The van der Waals surface area contributed by atoms with Crippen molar-refractivity contribution in [3.05, 3.63) is 23.3 Å². The first kappa shape index (κ1) is 22.8. The minimum Gasteiger partial charge on any atom is -0.507 e. The second kappa shape index (κ2) is 10.2. The van der Waals surface area contributed by atoms with Crippen LogP contribution < -0.4 is 10.5 Å². The number of rotatable bonds is 7. The summed E-state index contributed by atoms with van der Waals surface area (Å²) in [6.07, 6.45) is 3.27. The number of carbonyl (C=O) groups is 2. The molecule has 0 saturated heterocycles. The molecule has 150 valence electrons. The van der Waals surface area contributed by atoms with Crippen LogP contribution in [0.3, 0.4) is 0 Å². The number of fused-ring (bicyclic) bond motifs is 1. The maximum absolute atomic E-state index is 10.4. The van der Waals surface area contributed by atoms with Crippen molar-refractivity contribution in [1.29, 1.82) is 5.41 Å². The van der Waals surface area contributed by atoms with E-state index in [0.717, 1.165) is 18.4 Å². The predicted molar refractivity (Wildman–Crippen MR) is 107 cm³/mol. The van der Waals surface area contributed by atoms with Crippen LogP contribution in [0.15, 0.2) is 12.1 Å². The Bertz CT molecular complexity index is 698. The monoisotopic (exact) mass is 396 g/mol.